The maximum atomic E-state index is 13.0. The van der Waals surface area contributed by atoms with Gasteiger partial charge in [-0.25, -0.2) is 4.39 Å². The van der Waals surface area contributed by atoms with Gasteiger partial charge in [-0.15, -0.1) is 0 Å². The SMILES string of the molecule is N#Cc1c(-c2ccc(F)cc2)cn(-c2ccccc2)c1N. The molecule has 0 atom stereocenters. The second-order valence-electron chi connectivity index (χ2n) is 4.63. The van der Waals surface area contributed by atoms with Crippen molar-refractivity contribution in [3.8, 4) is 22.9 Å². The zero-order chi connectivity index (χ0) is 14.8. The highest BCUT2D eigenvalue weighted by Crippen LogP contribution is 2.31. The van der Waals surface area contributed by atoms with E-state index >= 15 is 0 Å². The second-order valence-corrected chi connectivity index (χ2v) is 4.63. The smallest absolute Gasteiger partial charge is 0.126 e. The number of anilines is 1. The Bertz CT molecular complexity index is 812. The summed E-state index contributed by atoms with van der Waals surface area (Å²) in [4.78, 5) is 0. The molecule has 0 aliphatic heterocycles. The molecule has 0 fully saturated rings. The third-order valence-electron chi connectivity index (χ3n) is 3.34. The van der Waals surface area contributed by atoms with Crippen LogP contribution in [0.3, 0.4) is 0 Å². The van der Waals surface area contributed by atoms with Gasteiger partial charge in [0.25, 0.3) is 0 Å². The van der Waals surface area contributed by atoms with Crippen molar-refractivity contribution >= 4 is 5.82 Å². The first-order valence-electron chi connectivity index (χ1n) is 6.43. The summed E-state index contributed by atoms with van der Waals surface area (Å²) in [7, 11) is 0. The summed E-state index contributed by atoms with van der Waals surface area (Å²) in [5.41, 5.74) is 8.80. The molecule has 0 spiro atoms. The lowest BCUT2D eigenvalue weighted by atomic mass is 10.1. The average Bonchev–Trinajstić information content (AvgIpc) is 2.85. The Morgan fingerprint density at radius 1 is 1.00 bits per heavy atom. The molecule has 2 N–H and O–H groups in total. The molecular formula is C17H12FN3. The van der Waals surface area contributed by atoms with E-state index in [1.165, 1.54) is 12.1 Å². The average molecular weight is 277 g/mol. The molecule has 1 heterocycles. The number of nitriles is 1. The topological polar surface area (TPSA) is 54.7 Å². The highest BCUT2D eigenvalue weighted by molar-refractivity contribution is 5.77. The molecule has 0 radical (unpaired) electrons. The van der Waals surface area contributed by atoms with Gasteiger partial charge < -0.3 is 10.3 Å². The number of hydrogen-bond acceptors (Lipinski definition) is 2. The minimum absolute atomic E-state index is 0.312. The van der Waals surface area contributed by atoms with Crippen LogP contribution in [0.15, 0.2) is 60.8 Å². The first-order chi connectivity index (χ1) is 10.2. The highest BCUT2D eigenvalue weighted by Gasteiger charge is 2.15. The monoisotopic (exact) mass is 277 g/mol. The number of nitrogens with two attached hydrogens (primary N) is 1. The fourth-order valence-electron chi connectivity index (χ4n) is 2.29. The maximum absolute atomic E-state index is 13.0. The van der Waals surface area contributed by atoms with Crippen LogP contribution in [0.5, 0.6) is 0 Å². The number of para-hydroxylation sites is 1. The summed E-state index contributed by atoms with van der Waals surface area (Å²) in [6.07, 6.45) is 1.80. The van der Waals surface area contributed by atoms with Crippen molar-refractivity contribution < 1.29 is 4.39 Å². The van der Waals surface area contributed by atoms with Gasteiger partial charge in [0.2, 0.25) is 0 Å². The summed E-state index contributed by atoms with van der Waals surface area (Å²) in [5, 5.41) is 9.36. The summed E-state index contributed by atoms with van der Waals surface area (Å²) in [6, 6.07) is 17.7. The minimum Gasteiger partial charge on any atom is -0.384 e. The van der Waals surface area contributed by atoms with Gasteiger partial charge in [-0.2, -0.15) is 5.26 Å². The molecule has 102 valence electrons. The van der Waals surface area contributed by atoms with Crippen LogP contribution < -0.4 is 5.73 Å². The van der Waals surface area contributed by atoms with Crippen molar-refractivity contribution in [1.82, 2.24) is 4.57 Å². The number of aromatic nitrogens is 1. The molecule has 0 aliphatic carbocycles. The Morgan fingerprint density at radius 2 is 1.67 bits per heavy atom. The molecule has 3 rings (SSSR count). The predicted octanol–water partition coefficient (Wildman–Crippen LogP) is 3.74. The number of nitrogen functional groups attached to an aromatic ring is 1. The summed E-state index contributed by atoms with van der Waals surface area (Å²) < 4.78 is 14.8. The van der Waals surface area contributed by atoms with Gasteiger partial charge >= 0.3 is 0 Å². The quantitative estimate of drug-likeness (QED) is 0.775. The molecule has 0 saturated heterocycles. The molecule has 4 heteroatoms. The van der Waals surface area contributed by atoms with Gasteiger partial charge in [-0.3, -0.25) is 0 Å². The second kappa shape index (κ2) is 5.14. The van der Waals surface area contributed by atoms with E-state index < -0.39 is 0 Å². The van der Waals surface area contributed by atoms with Crippen molar-refractivity contribution in [2.45, 2.75) is 0 Å². The molecule has 3 nitrogen and oxygen atoms in total. The zero-order valence-corrected chi connectivity index (χ0v) is 11.1. The van der Waals surface area contributed by atoms with Gasteiger partial charge in [0, 0.05) is 17.4 Å². The van der Waals surface area contributed by atoms with E-state index in [2.05, 4.69) is 6.07 Å². The van der Waals surface area contributed by atoms with Gasteiger partial charge in [0.15, 0.2) is 0 Å². The highest BCUT2D eigenvalue weighted by atomic mass is 19.1. The predicted molar refractivity (Wildman–Crippen MR) is 80.3 cm³/mol. The van der Waals surface area contributed by atoms with Crippen LogP contribution in [0.25, 0.3) is 16.8 Å². The molecule has 3 aromatic rings. The molecule has 1 aromatic heterocycles. The normalized spacial score (nSPS) is 10.3. The minimum atomic E-state index is -0.312. The first-order valence-corrected chi connectivity index (χ1v) is 6.43. The van der Waals surface area contributed by atoms with E-state index in [0.29, 0.717) is 16.9 Å². The van der Waals surface area contributed by atoms with E-state index in [1.807, 2.05) is 30.3 Å². The first kappa shape index (κ1) is 12.9. The Kier molecular flexibility index (Phi) is 3.17. The summed E-state index contributed by atoms with van der Waals surface area (Å²) in [6.45, 7) is 0. The number of rotatable bonds is 2. The van der Waals surface area contributed by atoms with E-state index in [0.717, 1.165) is 11.3 Å². The molecule has 0 saturated carbocycles. The van der Waals surface area contributed by atoms with Gasteiger partial charge in [-0.05, 0) is 29.8 Å². The molecule has 0 amide bonds. The fourth-order valence-corrected chi connectivity index (χ4v) is 2.29. The van der Waals surface area contributed by atoms with E-state index in [-0.39, 0.29) is 5.82 Å². The van der Waals surface area contributed by atoms with Crippen molar-refractivity contribution in [2.24, 2.45) is 0 Å². The van der Waals surface area contributed by atoms with Gasteiger partial charge in [0.1, 0.15) is 23.3 Å². The van der Waals surface area contributed by atoms with Crippen molar-refractivity contribution in [3.63, 3.8) is 0 Å². The Balaban J connectivity index is 2.19. The van der Waals surface area contributed by atoms with E-state index in [9.17, 15) is 9.65 Å². The lowest BCUT2D eigenvalue weighted by molar-refractivity contribution is 0.628. The Hall–Kier alpha value is -3.06. The van der Waals surface area contributed by atoms with Gasteiger partial charge in [0.05, 0.1) is 0 Å². The van der Waals surface area contributed by atoms with Crippen molar-refractivity contribution in [3.05, 3.63) is 72.2 Å². The molecule has 2 aromatic carbocycles. The third kappa shape index (κ3) is 2.26. The van der Waals surface area contributed by atoms with Crippen LogP contribution >= 0.6 is 0 Å². The van der Waals surface area contributed by atoms with Crippen molar-refractivity contribution in [1.29, 1.82) is 5.26 Å². The Morgan fingerprint density at radius 3 is 2.29 bits per heavy atom. The number of halogens is 1. The molecule has 21 heavy (non-hydrogen) atoms. The van der Waals surface area contributed by atoms with Gasteiger partial charge in [-0.1, -0.05) is 30.3 Å². The maximum Gasteiger partial charge on any atom is 0.126 e. The molecule has 0 bridgehead atoms. The van der Waals surface area contributed by atoms with Crippen LogP contribution in [0.4, 0.5) is 10.2 Å². The summed E-state index contributed by atoms with van der Waals surface area (Å²) >= 11 is 0. The zero-order valence-electron chi connectivity index (χ0n) is 11.1. The largest absolute Gasteiger partial charge is 0.384 e. The fraction of sp³-hybridized carbons (Fsp3) is 0. The third-order valence-corrected chi connectivity index (χ3v) is 3.34. The number of nitrogens with zero attached hydrogens (tertiary/aromatic N) is 2. The molecule has 0 aliphatic rings. The number of hydrogen-bond donors (Lipinski definition) is 1. The van der Waals surface area contributed by atoms with E-state index in [4.69, 9.17) is 5.73 Å². The van der Waals surface area contributed by atoms with Crippen molar-refractivity contribution in [2.75, 3.05) is 5.73 Å². The molecular weight excluding hydrogens is 265 g/mol. The van der Waals surface area contributed by atoms with E-state index in [1.54, 1.807) is 22.9 Å². The summed E-state index contributed by atoms with van der Waals surface area (Å²) in [5.74, 6) is 0.0655. The van der Waals surface area contributed by atoms with Crippen LogP contribution in [0, 0.1) is 17.1 Å². The van der Waals surface area contributed by atoms with Crippen LogP contribution in [-0.2, 0) is 0 Å². The standard InChI is InChI=1S/C17H12FN3/c18-13-8-6-12(7-9-13)16-11-21(17(20)15(16)10-19)14-4-2-1-3-5-14/h1-9,11H,20H2. The number of benzene rings is 2. The van der Waals surface area contributed by atoms with Crippen LogP contribution in [-0.4, -0.2) is 4.57 Å². The Labute approximate surface area is 121 Å². The lowest BCUT2D eigenvalue weighted by Crippen LogP contribution is -1.99. The van der Waals surface area contributed by atoms with Crippen LogP contribution in [0.1, 0.15) is 5.56 Å². The molecule has 0 unspecified atom stereocenters. The lowest BCUT2D eigenvalue weighted by Gasteiger charge is -2.04. The van der Waals surface area contributed by atoms with Crippen LogP contribution in [0.2, 0.25) is 0 Å².